The van der Waals surface area contributed by atoms with Crippen LogP contribution in [0.15, 0.2) is 0 Å². The molecule has 2 aliphatic carbocycles. The van der Waals surface area contributed by atoms with E-state index in [9.17, 15) is 0 Å². The van der Waals surface area contributed by atoms with Crippen molar-refractivity contribution < 1.29 is 0 Å². The summed E-state index contributed by atoms with van der Waals surface area (Å²) < 4.78 is 0. The van der Waals surface area contributed by atoms with E-state index in [4.69, 9.17) is 0 Å². The van der Waals surface area contributed by atoms with Gasteiger partial charge >= 0.3 is 0 Å². The molecule has 0 aromatic heterocycles. The van der Waals surface area contributed by atoms with Crippen LogP contribution in [0.25, 0.3) is 0 Å². The van der Waals surface area contributed by atoms with Crippen molar-refractivity contribution in [3.63, 3.8) is 0 Å². The molecule has 4 atom stereocenters. The molecule has 0 nitrogen and oxygen atoms in total. The first-order valence-corrected chi connectivity index (χ1v) is 8.56. The average Bonchev–Trinajstić information content (AvgIpc) is 2.32. The molecular formula is C20H38. The molecule has 2 fully saturated rings. The summed E-state index contributed by atoms with van der Waals surface area (Å²) in [5.74, 6) is 1.52. The summed E-state index contributed by atoms with van der Waals surface area (Å²) in [6.45, 7) is 30.4. The van der Waals surface area contributed by atoms with Crippen LogP contribution in [0.3, 0.4) is 0 Å². The molecule has 2 saturated carbocycles. The zero-order valence-electron chi connectivity index (χ0n) is 16.2. The fourth-order valence-corrected chi connectivity index (χ4v) is 7.24. The third kappa shape index (κ3) is 1.09. The zero-order chi connectivity index (χ0) is 16.2. The normalized spacial score (nSPS) is 51.0. The van der Waals surface area contributed by atoms with Crippen LogP contribution in [0, 0.1) is 44.3 Å². The summed E-state index contributed by atoms with van der Waals surface area (Å²) in [7, 11) is 0. The van der Waals surface area contributed by atoms with Gasteiger partial charge in [-0.2, -0.15) is 0 Å². The topological polar surface area (TPSA) is 0 Å². The van der Waals surface area contributed by atoms with E-state index in [2.05, 4.69) is 83.1 Å². The number of hydrogen-bond donors (Lipinski definition) is 0. The summed E-state index contributed by atoms with van der Waals surface area (Å²) >= 11 is 0. The number of fused-ring (bicyclic) bond motifs is 1. The van der Waals surface area contributed by atoms with Gasteiger partial charge in [0, 0.05) is 0 Å². The molecular weight excluding hydrogens is 240 g/mol. The molecule has 0 aromatic rings. The summed E-state index contributed by atoms with van der Waals surface area (Å²) in [4.78, 5) is 0. The first-order valence-electron chi connectivity index (χ1n) is 8.56. The minimum Gasteiger partial charge on any atom is -0.0614 e. The first kappa shape index (κ1) is 16.4. The van der Waals surface area contributed by atoms with Gasteiger partial charge in [-0.15, -0.1) is 0 Å². The predicted octanol–water partition coefficient (Wildman–Crippen LogP) is 6.40. The smallest absolute Gasteiger partial charge is 0.0156 e. The first-order chi connectivity index (χ1) is 8.56. The Morgan fingerprint density at radius 3 is 1.25 bits per heavy atom. The molecule has 0 aliphatic heterocycles. The number of hydrogen-bond acceptors (Lipinski definition) is 0. The summed E-state index contributed by atoms with van der Waals surface area (Å²) in [6.07, 6.45) is 0. The lowest BCUT2D eigenvalue weighted by Crippen LogP contribution is -2.81. The molecule has 0 heteroatoms. The molecule has 0 heterocycles. The van der Waals surface area contributed by atoms with Gasteiger partial charge in [0.05, 0.1) is 0 Å². The van der Waals surface area contributed by atoms with Crippen LogP contribution >= 0.6 is 0 Å². The summed E-state index contributed by atoms with van der Waals surface area (Å²) in [5.41, 5.74) is 2.22. The minimum atomic E-state index is 0.320. The van der Waals surface area contributed by atoms with Crippen LogP contribution in [0.1, 0.15) is 83.1 Å². The van der Waals surface area contributed by atoms with Crippen LogP contribution in [0.4, 0.5) is 0 Å². The highest BCUT2D eigenvalue weighted by molar-refractivity contribution is 5.29. The maximum atomic E-state index is 2.60. The second-order valence-corrected chi connectivity index (χ2v) is 10.5. The Bertz CT molecular complexity index is 430. The van der Waals surface area contributed by atoms with Crippen molar-refractivity contribution in [3.05, 3.63) is 0 Å². The number of rotatable bonds is 0. The molecule has 118 valence electrons. The highest BCUT2D eigenvalue weighted by Crippen LogP contribution is 2.87. The Kier molecular flexibility index (Phi) is 2.86. The van der Waals surface area contributed by atoms with Gasteiger partial charge in [0.15, 0.2) is 0 Å². The van der Waals surface area contributed by atoms with Crippen molar-refractivity contribution in [2.45, 2.75) is 83.1 Å². The van der Waals surface area contributed by atoms with E-state index in [0.717, 1.165) is 11.8 Å². The molecule has 0 bridgehead atoms. The van der Waals surface area contributed by atoms with Crippen LogP contribution in [-0.2, 0) is 0 Å². The van der Waals surface area contributed by atoms with Gasteiger partial charge in [0.25, 0.3) is 0 Å². The Hall–Kier alpha value is 0. The van der Waals surface area contributed by atoms with Gasteiger partial charge < -0.3 is 0 Å². The SMILES string of the molecule is CC1C(C)(C)C(C)(C)C(C)(C)C2(C)C(C)(C)C(C)C12C. The Morgan fingerprint density at radius 2 is 0.850 bits per heavy atom. The Morgan fingerprint density at radius 1 is 0.500 bits per heavy atom. The van der Waals surface area contributed by atoms with E-state index < -0.39 is 0 Å². The summed E-state index contributed by atoms with van der Waals surface area (Å²) in [5, 5.41) is 0. The van der Waals surface area contributed by atoms with Gasteiger partial charge in [-0.3, -0.25) is 0 Å². The van der Waals surface area contributed by atoms with Crippen molar-refractivity contribution in [3.8, 4) is 0 Å². The van der Waals surface area contributed by atoms with Gasteiger partial charge in [-0.1, -0.05) is 83.1 Å². The zero-order valence-corrected chi connectivity index (χ0v) is 16.2. The monoisotopic (exact) mass is 278 g/mol. The van der Waals surface area contributed by atoms with Crippen LogP contribution in [0.5, 0.6) is 0 Å². The lowest BCUT2D eigenvalue weighted by atomic mass is 9.18. The molecule has 20 heavy (non-hydrogen) atoms. The van der Waals surface area contributed by atoms with E-state index in [1.807, 2.05) is 0 Å². The minimum absolute atomic E-state index is 0.320. The lowest BCUT2D eigenvalue weighted by molar-refractivity contribution is -0.391. The maximum absolute atomic E-state index is 2.60. The van der Waals surface area contributed by atoms with Crippen molar-refractivity contribution in [1.29, 1.82) is 0 Å². The maximum Gasteiger partial charge on any atom is -0.0156 e. The second-order valence-electron chi connectivity index (χ2n) is 10.5. The third-order valence-electron chi connectivity index (χ3n) is 10.8. The van der Waals surface area contributed by atoms with E-state index in [1.54, 1.807) is 0 Å². The lowest BCUT2D eigenvalue weighted by Gasteiger charge is -2.86. The molecule has 0 aromatic carbocycles. The van der Waals surface area contributed by atoms with Crippen LogP contribution < -0.4 is 0 Å². The van der Waals surface area contributed by atoms with Crippen LogP contribution in [-0.4, -0.2) is 0 Å². The van der Waals surface area contributed by atoms with Crippen molar-refractivity contribution in [2.75, 3.05) is 0 Å². The van der Waals surface area contributed by atoms with Gasteiger partial charge in [-0.05, 0) is 44.3 Å². The predicted molar refractivity (Wildman–Crippen MR) is 89.7 cm³/mol. The van der Waals surface area contributed by atoms with Gasteiger partial charge in [0.1, 0.15) is 0 Å². The quantitative estimate of drug-likeness (QED) is 0.480. The van der Waals surface area contributed by atoms with E-state index in [0.29, 0.717) is 32.5 Å². The summed E-state index contributed by atoms with van der Waals surface area (Å²) in [6, 6.07) is 0. The van der Waals surface area contributed by atoms with E-state index >= 15 is 0 Å². The van der Waals surface area contributed by atoms with Gasteiger partial charge in [-0.25, -0.2) is 0 Å². The highest BCUT2D eigenvalue weighted by atomic mass is 14.9. The van der Waals surface area contributed by atoms with E-state index in [1.165, 1.54) is 0 Å². The molecule has 0 N–H and O–H groups in total. The fraction of sp³-hybridized carbons (Fsp3) is 1.00. The van der Waals surface area contributed by atoms with Crippen molar-refractivity contribution >= 4 is 0 Å². The standard InChI is InChI=1S/C20H38/c1-13-15(3,4)17(7,8)18(9,10)20(12)16(5,6)14(2)19(13,20)11/h13-14H,1-12H3. The second kappa shape index (κ2) is 3.49. The molecule has 0 saturated heterocycles. The Balaban J connectivity index is 2.79. The highest BCUT2D eigenvalue weighted by Gasteiger charge is 2.82. The molecule has 2 aliphatic rings. The molecule has 0 amide bonds. The largest absolute Gasteiger partial charge is 0.0614 e. The Labute approximate surface area is 128 Å². The molecule has 0 radical (unpaired) electrons. The van der Waals surface area contributed by atoms with Crippen LogP contribution in [0.2, 0.25) is 0 Å². The third-order valence-corrected chi connectivity index (χ3v) is 10.8. The van der Waals surface area contributed by atoms with Crippen molar-refractivity contribution in [2.24, 2.45) is 44.3 Å². The fourth-order valence-electron chi connectivity index (χ4n) is 7.24. The average molecular weight is 279 g/mol. The van der Waals surface area contributed by atoms with E-state index in [-0.39, 0.29) is 0 Å². The van der Waals surface area contributed by atoms with Crippen molar-refractivity contribution in [1.82, 2.24) is 0 Å². The molecule has 4 unspecified atom stereocenters. The van der Waals surface area contributed by atoms with Gasteiger partial charge in [0.2, 0.25) is 0 Å². The molecule has 0 spiro atoms. The molecule has 2 rings (SSSR count).